The number of benzene rings is 2. The third-order valence-corrected chi connectivity index (χ3v) is 4.92. The Morgan fingerprint density at radius 1 is 0.897 bits per heavy atom. The molecule has 0 amide bonds. The average molecular weight is 387 g/mol. The van der Waals surface area contributed by atoms with Crippen LogP contribution in [0, 0.1) is 12.3 Å². The van der Waals surface area contributed by atoms with E-state index in [1.165, 1.54) is 11.1 Å². The molecule has 29 heavy (non-hydrogen) atoms. The summed E-state index contributed by atoms with van der Waals surface area (Å²) in [5, 5.41) is 9.89. The van der Waals surface area contributed by atoms with Gasteiger partial charge < -0.3 is 16.0 Å². The summed E-state index contributed by atoms with van der Waals surface area (Å²) in [6.45, 7) is 17.7. The van der Waals surface area contributed by atoms with Crippen molar-refractivity contribution in [3.8, 4) is 0 Å². The minimum absolute atomic E-state index is 0.132. The summed E-state index contributed by atoms with van der Waals surface area (Å²) < 4.78 is 0. The molecule has 150 valence electrons. The molecule has 4 nitrogen and oxygen atoms in total. The van der Waals surface area contributed by atoms with Crippen LogP contribution in [0.2, 0.25) is 0 Å². The van der Waals surface area contributed by atoms with Crippen LogP contribution >= 0.6 is 0 Å². The van der Waals surface area contributed by atoms with E-state index in [-0.39, 0.29) is 5.41 Å². The lowest BCUT2D eigenvalue weighted by atomic mass is 9.87. The minimum atomic E-state index is 0.132. The second-order valence-electron chi connectivity index (χ2n) is 8.35. The fourth-order valence-corrected chi connectivity index (χ4v) is 3.11. The molecule has 0 aliphatic carbocycles. The lowest BCUT2D eigenvalue weighted by Gasteiger charge is -2.18. The summed E-state index contributed by atoms with van der Waals surface area (Å²) in [4.78, 5) is 4.54. The first-order valence-corrected chi connectivity index (χ1v) is 9.83. The van der Waals surface area contributed by atoms with E-state index in [4.69, 9.17) is 0 Å². The van der Waals surface area contributed by atoms with Gasteiger partial charge in [0.1, 0.15) is 11.7 Å². The predicted octanol–water partition coefficient (Wildman–Crippen LogP) is 5.94. The molecule has 0 saturated carbocycles. The molecule has 1 aliphatic rings. The fraction of sp³-hybridized carbons (Fsp3) is 0.240. The van der Waals surface area contributed by atoms with Crippen molar-refractivity contribution < 1.29 is 0 Å². The molecular weight excluding hydrogens is 356 g/mol. The van der Waals surface area contributed by atoms with Gasteiger partial charge in [-0.25, -0.2) is 0 Å². The highest BCUT2D eigenvalue weighted by atomic mass is 15.1. The number of nitrogens with zero attached hydrogens (tertiary/aromatic N) is 1. The van der Waals surface area contributed by atoms with E-state index in [0.29, 0.717) is 5.82 Å². The lowest BCUT2D eigenvalue weighted by Crippen LogP contribution is -2.24. The maximum atomic E-state index is 4.54. The van der Waals surface area contributed by atoms with E-state index in [9.17, 15) is 0 Å². The SMILES string of the molecule is C=C(NC1=NCC(C(C)(C)C)=C1)Nc1ccc(NC(=C)c2ccccc2C)cc1. The topological polar surface area (TPSA) is 48.5 Å². The number of anilines is 2. The Labute approximate surface area is 174 Å². The number of hydrogen-bond donors (Lipinski definition) is 3. The van der Waals surface area contributed by atoms with Gasteiger partial charge in [-0.2, -0.15) is 0 Å². The Balaban J connectivity index is 1.56. The first-order valence-electron chi connectivity index (χ1n) is 9.83. The summed E-state index contributed by atoms with van der Waals surface area (Å²) in [6, 6.07) is 16.3. The van der Waals surface area contributed by atoms with Gasteiger partial charge >= 0.3 is 0 Å². The smallest absolute Gasteiger partial charge is 0.126 e. The van der Waals surface area contributed by atoms with Crippen molar-refractivity contribution in [2.45, 2.75) is 27.7 Å². The molecule has 0 unspecified atom stereocenters. The first kappa shape index (κ1) is 20.5. The molecule has 0 bridgehead atoms. The van der Waals surface area contributed by atoms with Gasteiger partial charge in [0.05, 0.1) is 6.54 Å². The summed E-state index contributed by atoms with van der Waals surface area (Å²) in [5.74, 6) is 1.54. The van der Waals surface area contributed by atoms with Crippen LogP contribution in [-0.2, 0) is 0 Å². The summed E-state index contributed by atoms with van der Waals surface area (Å²) >= 11 is 0. The Bertz CT molecular complexity index is 973. The molecule has 1 aliphatic heterocycles. The largest absolute Gasteiger partial charge is 0.356 e. The minimum Gasteiger partial charge on any atom is -0.356 e. The Morgan fingerprint density at radius 3 is 2.10 bits per heavy atom. The lowest BCUT2D eigenvalue weighted by molar-refractivity contribution is 0.499. The van der Waals surface area contributed by atoms with E-state index >= 15 is 0 Å². The predicted molar refractivity (Wildman–Crippen MR) is 126 cm³/mol. The van der Waals surface area contributed by atoms with Crippen LogP contribution in [0.25, 0.3) is 5.70 Å². The highest BCUT2D eigenvalue weighted by Gasteiger charge is 2.20. The van der Waals surface area contributed by atoms with Gasteiger partial charge in [-0.3, -0.25) is 4.99 Å². The zero-order valence-corrected chi connectivity index (χ0v) is 17.8. The quantitative estimate of drug-likeness (QED) is 0.576. The standard InChI is InChI=1S/C25H30N4/c1-17-9-7-8-10-23(17)18(2)27-21-11-13-22(14-12-21)28-19(3)29-24-15-20(16-26-24)25(4,5)6/h7-15,27-28H,2-3,16H2,1,4-6H3,(H,26,29). The van der Waals surface area contributed by atoms with Gasteiger partial charge in [0.2, 0.25) is 0 Å². The summed E-state index contributed by atoms with van der Waals surface area (Å²) in [7, 11) is 0. The highest BCUT2D eigenvalue weighted by molar-refractivity contribution is 5.97. The van der Waals surface area contributed by atoms with Crippen molar-refractivity contribution in [2.24, 2.45) is 10.4 Å². The third kappa shape index (κ3) is 5.38. The van der Waals surface area contributed by atoms with Crippen LogP contribution in [-0.4, -0.2) is 12.4 Å². The van der Waals surface area contributed by atoms with Crippen molar-refractivity contribution in [1.29, 1.82) is 0 Å². The molecule has 0 saturated heterocycles. The van der Waals surface area contributed by atoms with Crippen LogP contribution in [0.3, 0.4) is 0 Å². The van der Waals surface area contributed by atoms with E-state index < -0.39 is 0 Å². The Hall–Kier alpha value is -3.27. The number of amidine groups is 1. The normalized spacial score (nSPS) is 13.4. The molecular formula is C25H30N4. The molecule has 0 radical (unpaired) electrons. The van der Waals surface area contributed by atoms with Gasteiger partial charge in [0, 0.05) is 22.6 Å². The maximum Gasteiger partial charge on any atom is 0.126 e. The Morgan fingerprint density at radius 2 is 1.52 bits per heavy atom. The van der Waals surface area contributed by atoms with Gasteiger partial charge in [-0.1, -0.05) is 58.2 Å². The van der Waals surface area contributed by atoms with Gasteiger partial charge in [0.25, 0.3) is 0 Å². The van der Waals surface area contributed by atoms with Crippen molar-refractivity contribution >= 4 is 22.9 Å². The van der Waals surface area contributed by atoms with Crippen LogP contribution in [0.15, 0.2) is 84.2 Å². The fourth-order valence-electron chi connectivity index (χ4n) is 3.11. The highest BCUT2D eigenvalue weighted by Crippen LogP contribution is 2.27. The van der Waals surface area contributed by atoms with E-state index in [2.05, 4.69) is 80.0 Å². The molecule has 0 spiro atoms. The molecule has 1 heterocycles. The van der Waals surface area contributed by atoms with Crippen molar-refractivity contribution in [3.05, 3.63) is 90.3 Å². The molecule has 3 N–H and O–H groups in total. The van der Waals surface area contributed by atoms with Crippen molar-refractivity contribution in [1.82, 2.24) is 5.32 Å². The van der Waals surface area contributed by atoms with Crippen LogP contribution in [0.1, 0.15) is 31.9 Å². The second-order valence-corrected chi connectivity index (χ2v) is 8.35. The molecule has 0 fully saturated rings. The average Bonchev–Trinajstić information content (AvgIpc) is 3.12. The number of aliphatic imine (C=N–C) groups is 1. The van der Waals surface area contributed by atoms with Crippen molar-refractivity contribution in [2.75, 3.05) is 17.2 Å². The molecule has 0 atom stereocenters. The van der Waals surface area contributed by atoms with E-state index in [0.717, 1.165) is 35.0 Å². The number of rotatable bonds is 6. The van der Waals surface area contributed by atoms with Gasteiger partial charge in [0.15, 0.2) is 0 Å². The van der Waals surface area contributed by atoms with Gasteiger partial charge in [-0.15, -0.1) is 0 Å². The van der Waals surface area contributed by atoms with Gasteiger partial charge in [-0.05, 0) is 53.8 Å². The monoisotopic (exact) mass is 386 g/mol. The zero-order valence-electron chi connectivity index (χ0n) is 17.8. The summed E-state index contributed by atoms with van der Waals surface area (Å²) in [5.41, 5.74) is 6.59. The van der Waals surface area contributed by atoms with Crippen LogP contribution < -0.4 is 16.0 Å². The number of aryl methyl sites for hydroxylation is 1. The maximum absolute atomic E-state index is 4.54. The second kappa shape index (κ2) is 8.39. The number of hydrogen-bond acceptors (Lipinski definition) is 4. The van der Waals surface area contributed by atoms with E-state index in [1.807, 2.05) is 36.4 Å². The molecule has 3 rings (SSSR count). The van der Waals surface area contributed by atoms with Crippen LogP contribution in [0.5, 0.6) is 0 Å². The third-order valence-electron chi connectivity index (χ3n) is 4.92. The molecule has 2 aromatic rings. The van der Waals surface area contributed by atoms with Crippen LogP contribution in [0.4, 0.5) is 11.4 Å². The Kier molecular flexibility index (Phi) is 5.92. The molecule has 2 aromatic carbocycles. The first-order chi connectivity index (χ1) is 13.7. The summed E-state index contributed by atoms with van der Waals surface area (Å²) in [6.07, 6.45) is 2.11. The molecule has 0 aromatic heterocycles. The number of nitrogens with one attached hydrogen (secondary N) is 3. The zero-order chi connectivity index (χ0) is 21.0. The molecule has 4 heteroatoms. The van der Waals surface area contributed by atoms with E-state index in [1.54, 1.807) is 0 Å². The van der Waals surface area contributed by atoms with Crippen molar-refractivity contribution in [3.63, 3.8) is 0 Å².